The summed E-state index contributed by atoms with van der Waals surface area (Å²) in [6, 6.07) is 1.39. The number of phenolic OH excluding ortho intramolecular Hbond substituents is 1. The molecule has 0 saturated carbocycles. The number of Topliss-reactive ketones (excluding diaryl/α,β-unsaturated/α-hetero) is 1. The number of nitrogens with zero attached hydrogens (tertiary/aromatic N) is 1. The van der Waals surface area contributed by atoms with Crippen molar-refractivity contribution in [2.24, 2.45) is 0 Å². The molecule has 0 aromatic heterocycles. The Morgan fingerprint density at radius 3 is 2.67 bits per heavy atom. The van der Waals surface area contributed by atoms with Crippen molar-refractivity contribution in [3.63, 3.8) is 0 Å². The van der Waals surface area contributed by atoms with Gasteiger partial charge in [-0.1, -0.05) is 15.9 Å². The molecular weight excluding hydrogens is 273 g/mol. The van der Waals surface area contributed by atoms with Gasteiger partial charge in [0.1, 0.15) is 17.1 Å². The Hall–Kier alpha value is -1.50. The molecule has 0 aliphatic heterocycles. The Kier molecular flexibility index (Phi) is 3.35. The van der Waals surface area contributed by atoms with Crippen molar-refractivity contribution in [1.82, 2.24) is 0 Å². The number of hydrogen-bond acceptors (Lipinski definition) is 4. The van der Waals surface area contributed by atoms with Crippen molar-refractivity contribution >= 4 is 27.4 Å². The number of nitro groups is 1. The van der Waals surface area contributed by atoms with Crippen molar-refractivity contribution in [2.45, 2.75) is 0 Å². The molecule has 80 valence electrons. The van der Waals surface area contributed by atoms with Gasteiger partial charge in [0.2, 0.25) is 0 Å². The highest BCUT2D eigenvalue weighted by molar-refractivity contribution is 9.09. The van der Waals surface area contributed by atoms with E-state index in [9.17, 15) is 19.3 Å². The topological polar surface area (TPSA) is 80.4 Å². The van der Waals surface area contributed by atoms with Crippen LogP contribution in [0.2, 0.25) is 0 Å². The summed E-state index contributed by atoms with van der Waals surface area (Å²) in [6.07, 6.45) is 0. The van der Waals surface area contributed by atoms with E-state index in [0.29, 0.717) is 6.07 Å². The van der Waals surface area contributed by atoms with Gasteiger partial charge in [0.15, 0.2) is 5.78 Å². The van der Waals surface area contributed by atoms with E-state index in [4.69, 9.17) is 5.11 Å². The van der Waals surface area contributed by atoms with Crippen molar-refractivity contribution < 1.29 is 19.2 Å². The molecule has 1 aromatic rings. The van der Waals surface area contributed by atoms with Gasteiger partial charge in [-0.15, -0.1) is 0 Å². The van der Waals surface area contributed by atoms with Gasteiger partial charge in [-0.05, 0) is 0 Å². The van der Waals surface area contributed by atoms with Crippen LogP contribution in [-0.2, 0) is 0 Å². The lowest BCUT2D eigenvalue weighted by Crippen LogP contribution is -2.07. The Labute approximate surface area is 91.8 Å². The lowest BCUT2D eigenvalue weighted by Gasteiger charge is -2.02. The van der Waals surface area contributed by atoms with Crippen LogP contribution in [0.25, 0.3) is 0 Å². The highest BCUT2D eigenvalue weighted by atomic mass is 79.9. The summed E-state index contributed by atoms with van der Waals surface area (Å²) < 4.78 is 13.2. The predicted octanol–water partition coefficient (Wildman–Crippen LogP) is 2.02. The van der Waals surface area contributed by atoms with Gasteiger partial charge in [-0.3, -0.25) is 14.9 Å². The van der Waals surface area contributed by atoms with E-state index in [1.54, 1.807) is 0 Å². The molecule has 0 spiro atoms. The highest BCUT2D eigenvalue weighted by Gasteiger charge is 2.25. The maximum atomic E-state index is 13.2. The van der Waals surface area contributed by atoms with E-state index in [1.165, 1.54) is 0 Å². The fraction of sp³-hybridized carbons (Fsp3) is 0.125. The molecule has 5 nitrogen and oxygen atoms in total. The van der Waals surface area contributed by atoms with Crippen LogP contribution in [0.1, 0.15) is 10.4 Å². The first kappa shape index (κ1) is 11.6. The fourth-order valence-electron chi connectivity index (χ4n) is 1.07. The van der Waals surface area contributed by atoms with Crippen molar-refractivity contribution in [3.8, 4) is 5.75 Å². The Bertz CT molecular complexity index is 435. The number of benzene rings is 1. The quantitative estimate of drug-likeness (QED) is 0.397. The van der Waals surface area contributed by atoms with E-state index in [-0.39, 0.29) is 5.33 Å². The predicted molar refractivity (Wildman–Crippen MR) is 52.8 cm³/mol. The first-order chi connectivity index (χ1) is 6.97. The minimum absolute atomic E-state index is 0.227. The first-order valence-corrected chi connectivity index (χ1v) is 4.85. The summed E-state index contributed by atoms with van der Waals surface area (Å²) in [7, 11) is 0. The number of phenols is 1. The fourth-order valence-corrected chi connectivity index (χ4v) is 1.35. The molecule has 0 radical (unpaired) electrons. The second kappa shape index (κ2) is 4.35. The summed E-state index contributed by atoms with van der Waals surface area (Å²) in [5, 5.41) is 19.2. The smallest absolute Gasteiger partial charge is 0.286 e. The number of carbonyl (C=O) groups excluding carboxylic acids is 1. The number of nitro benzene ring substituents is 1. The molecule has 0 fully saturated rings. The molecule has 15 heavy (non-hydrogen) atoms. The van der Waals surface area contributed by atoms with Crippen LogP contribution in [0.5, 0.6) is 5.75 Å². The van der Waals surface area contributed by atoms with E-state index in [1.807, 2.05) is 0 Å². The third kappa shape index (κ3) is 2.30. The number of ketones is 1. The van der Waals surface area contributed by atoms with Gasteiger partial charge in [0, 0.05) is 6.07 Å². The third-order valence-corrected chi connectivity index (χ3v) is 2.16. The normalized spacial score (nSPS) is 10.0. The average molecular weight is 278 g/mol. The Morgan fingerprint density at radius 2 is 2.20 bits per heavy atom. The summed E-state index contributed by atoms with van der Waals surface area (Å²) >= 11 is 2.79. The van der Waals surface area contributed by atoms with Crippen LogP contribution in [0.15, 0.2) is 12.1 Å². The second-order valence-corrected chi connectivity index (χ2v) is 3.20. The van der Waals surface area contributed by atoms with Crippen molar-refractivity contribution in [3.05, 3.63) is 33.6 Å². The summed E-state index contributed by atoms with van der Waals surface area (Å²) in [5.41, 5.74) is -1.37. The highest BCUT2D eigenvalue weighted by Crippen LogP contribution is 2.27. The molecule has 0 amide bonds. The largest absolute Gasteiger partial charge is 0.508 e. The van der Waals surface area contributed by atoms with E-state index in [2.05, 4.69) is 15.9 Å². The Balaban J connectivity index is 3.46. The number of hydrogen-bond donors (Lipinski definition) is 1. The minimum atomic E-state index is -1.11. The molecule has 0 bridgehead atoms. The number of carbonyl (C=O) groups is 1. The van der Waals surface area contributed by atoms with Gasteiger partial charge in [-0.2, -0.15) is 0 Å². The van der Waals surface area contributed by atoms with E-state index >= 15 is 0 Å². The van der Waals surface area contributed by atoms with Gasteiger partial charge >= 0.3 is 0 Å². The molecule has 0 saturated heterocycles. The lowest BCUT2D eigenvalue weighted by molar-refractivity contribution is -0.385. The lowest BCUT2D eigenvalue weighted by atomic mass is 10.1. The van der Waals surface area contributed by atoms with E-state index in [0.717, 1.165) is 6.07 Å². The molecule has 0 atom stereocenters. The minimum Gasteiger partial charge on any atom is -0.508 e. The molecule has 0 aliphatic rings. The third-order valence-electron chi connectivity index (χ3n) is 1.65. The Morgan fingerprint density at radius 1 is 1.60 bits per heavy atom. The zero-order valence-corrected chi connectivity index (χ0v) is 8.82. The van der Waals surface area contributed by atoms with Crippen LogP contribution in [0.4, 0.5) is 10.1 Å². The number of aromatic hydroxyl groups is 1. The second-order valence-electron chi connectivity index (χ2n) is 2.64. The maximum absolute atomic E-state index is 13.2. The molecule has 1 N–H and O–H groups in total. The van der Waals surface area contributed by atoms with Crippen molar-refractivity contribution in [2.75, 3.05) is 5.33 Å². The van der Waals surface area contributed by atoms with Crippen LogP contribution in [0, 0.1) is 15.9 Å². The average Bonchev–Trinajstić information content (AvgIpc) is 2.15. The standard InChI is InChI=1S/C8H5BrFNO4/c9-3-7(13)8-5(10)1-4(12)2-6(8)11(14)15/h1-2,12H,3H2. The zero-order chi connectivity index (χ0) is 11.6. The molecule has 0 aliphatic carbocycles. The van der Waals surface area contributed by atoms with Gasteiger partial charge in [-0.25, -0.2) is 4.39 Å². The van der Waals surface area contributed by atoms with Crippen molar-refractivity contribution in [1.29, 1.82) is 0 Å². The molecule has 7 heteroatoms. The summed E-state index contributed by atoms with van der Waals surface area (Å²) in [6.45, 7) is 0. The van der Waals surface area contributed by atoms with Gasteiger partial charge in [0.05, 0.1) is 16.3 Å². The van der Waals surface area contributed by atoms with Crippen LogP contribution >= 0.6 is 15.9 Å². The number of halogens is 2. The van der Waals surface area contributed by atoms with Crippen LogP contribution < -0.4 is 0 Å². The van der Waals surface area contributed by atoms with Crippen LogP contribution in [0.3, 0.4) is 0 Å². The molecule has 1 aromatic carbocycles. The summed E-state index contributed by atoms with van der Waals surface area (Å²) in [4.78, 5) is 20.8. The maximum Gasteiger partial charge on any atom is 0.286 e. The molecule has 0 unspecified atom stereocenters. The van der Waals surface area contributed by atoms with E-state index < -0.39 is 33.5 Å². The number of rotatable bonds is 3. The van der Waals surface area contributed by atoms with Gasteiger partial charge < -0.3 is 5.11 Å². The molecular formula is C8H5BrFNO4. The SMILES string of the molecule is O=C(CBr)c1c(F)cc(O)cc1[N+](=O)[O-]. The molecule has 1 rings (SSSR count). The first-order valence-electron chi connectivity index (χ1n) is 3.73. The monoisotopic (exact) mass is 277 g/mol. The zero-order valence-electron chi connectivity index (χ0n) is 7.24. The van der Waals surface area contributed by atoms with Crippen LogP contribution in [-0.4, -0.2) is 21.1 Å². The summed E-state index contributed by atoms with van der Waals surface area (Å²) in [5.74, 6) is -2.45. The molecule has 0 heterocycles. The number of alkyl halides is 1. The van der Waals surface area contributed by atoms with Gasteiger partial charge in [0.25, 0.3) is 5.69 Å².